The highest BCUT2D eigenvalue weighted by atomic mass is 32.2. The summed E-state index contributed by atoms with van der Waals surface area (Å²) in [6.07, 6.45) is 4.21. The van der Waals surface area contributed by atoms with Crippen LogP contribution in [-0.2, 0) is 5.54 Å². The smallest absolute Gasteiger partial charge is 0.302 e. The van der Waals surface area contributed by atoms with Gasteiger partial charge in [-0.3, -0.25) is 10.7 Å². The van der Waals surface area contributed by atoms with Gasteiger partial charge in [0.2, 0.25) is 5.95 Å². The van der Waals surface area contributed by atoms with E-state index in [1.54, 1.807) is 11.8 Å². The highest BCUT2D eigenvalue weighted by Gasteiger charge is 2.54. The monoisotopic (exact) mass is 337 g/mol. The second-order valence-corrected chi connectivity index (χ2v) is 7.32. The van der Waals surface area contributed by atoms with Crippen LogP contribution in [0.3, 0.4) is 0 Å². The van der Waals surface area contributed by atoms with Crippen LogP contribution in [0.5, 0.6) is 0 Å². The zero-order valence-electron chi connectivity index (χ0n) is 11.6. The van der Waals surface area contributed by atoms with E-state index in [0.29, 0.717) is 18.4 Å². The number of hydrogen-bond acceptors (Lipinski definition) is 7. The zero-order chi connectivity index (χ0) is 15.2. The molecule has 9 heteroatoms. The number of nitrogens with zero attached hydrogens (tertiary/aromatic N) is 4. The fourth-order valence-corrected chi connectivity index (χ4v) is 4.93. The molecule has 0 amide bonds. The van der Waals surface area contributed by atoms with Gasteiger partial charge in [0.1, 0.15) is 0 Å². The van der Waals surface area contributed by atoms with Crippen LogP contribution in [0, 0.1) is 11.7 Å². The molecular weight excluding hydrogens is 323 g/mol. The number of halogens is 1. The standard InChI is InChI=1S/C13H13FN6S2/c14-9-3-16-12(17-4-9)20-5-8-6-21-11(15)19-13(8,7-20)10-1-2-18-22-10/h1-4,8H,5-7H2,(H2,15,19)/p+1. The Morgan fingerprint density at radius 1 is 1.41 bits per heavy atom. The van der Waals surface area contributed by atoms with E-state index in [9.17, 15) is 4.39 Å². The molecule has 0 saturated carbocycles. The predicted octanol–water partition coefficient (Wildman–Crippen LogP) is -0.454. The Kier molecular flexibility index (Phi) is 3.26. The fourth-order valence-electron chi connectivity index (χ4n) is 3.11. The van der Waals surface area contributed by atoms with Crippen LogP contribution in [0.4, 0.5) is 10.3 Å². The molecule has 2 atom stereocenters. The Bertz CT molecular complexity index is 704. The maximum absolute atomic E-state index is 13.0. The number of nitrogens with two attached hydrogens (primary N) is 1. The van der Waals surface area contributed by atoms with E-state index >= 15 is 0 Å². The second-order valence-electron chi connectivity index (χ2n) is 5.43. The molecule has 1 saturated heterocycles. The summed E-state index contributed by atoms with van der Waals surface area (Å²) in [7, 11) is 0. The number of thioether (sulfide) groups is 1. The third-order valence-electron chi connectivity index (χ3n) is 4.13. The quantitative estimate of drug-likeness (QED) is 0.772. The largest absolute Gasteiger partial charge is 0.335 e. The number of anilines is 1. The van der Waals surface area contributed by atoms with Gasteiger partial charge < -0.3 is 4.90 Å². The summed E-state index contributed by atoms with van der Waals surface area (Å²) in [5.41, 5.74) is 5.77. The first-order valence-electron chi connectivity index (χ1n) is 6.84. The van der Waals surface area contributed by atoms with Crippen LogP contribution in [-0.4, -0.2) is 38.4 Å². The molecule has 2 aliphatic rings. The number of nitrogens with one attached hydrogen (secondary N) is 1. The van der Waals surface area contributed by atoms with Gasteiger partial charge in [-0.2, -0.15) is 0 Å². The molecule has 0 radical (unpaired) electrons. The van der Waals surface area contributed by atoms with Gasteiger partial charge in [-0.05, 0) is 29.4 Å². The van der Waals surface area contributed by atoms with Crippen molar-refractivity contribution >= 4 is 34.4 Å². The number of amidine groups is 1. The predicted molar refractivity (Wildman–Crippen MR) is 84.1 cm³/mol. The zero-order valence-corrected chi connectivity index (χ0v) is 13.2. The third-order valence-corrected chi connectivity index (χ3v) is 6.04. The van der Waals surface area contributed by atoms with Gasteiger partial charge in [-0.1, -0.05) is 0 Å². The van der Waals surface area contributed by atoms with Crippen LogP contribution < -0.4 is 15.6 Å². The molecule has 0 bridgehead atoms. The van der Waals surface area contributed by atoms with Crippen LogP contribution in [0.15, 0.2) is 24.7 Å². The van der Waals surface area contributed by atoms with Crippen molar-refractivity contribution in [2.24, 2.45) is 11.7 Å². The molecule has 0 spiro atoms. The third kappa shape index (κ3) is 2.15. The minimum absolute atomic E-state index is 0.270. The molecule has 114 valence electrons. The summed E-state index contributed by atoms with van der Waals surface area (Å²) in [6.45, 7) is 1.49. The van der Waals surface area contributed by atoms with Crippen LogP contribution >= 0.6 is 23.3 Å². The summed E-state index contributed by atoms with van der Waals surface area (Å²) in [6, 6.07) is 2.03. The summed E-state index contributed by atoms with van der Waals surface area (Å²) in [5, 5.41) is 0.728. The summed E-state index contributed by atoms with van der Waals surface area (Å²) < 4.78 is 17.3. The summed E-state index contributed by atoms with van der Waals surface area (Å²) >= 11 is 3.11. The average molecular weight is 337 g/mol. The Balaban J connectivity index is 1.73. The van der Waals surface area contributed by atoms with Crippen molar-refractivity contribution in [2.75, 3.05) is 23.7 Å². The lowest BCUT2D eigenvalue weighted by Gasteiger charge is -2.29. The molecule has 6 nitrogen and oxygen atoms in total. The fraction of sp³-hybridized carbons (Fsp3) is 0.385. The Labute approximate surface area is 134 Å². The van der Waals surface area contributed by atoms with E-state index in [1.165, 1.54) is 23.9 Å². The number of hydrogen-bond donors (Lipinski definition) is 2. The maximum atomic E-state index is 13.0. The van der Waals surface area contributed by atoms with E-state index in [1.807, 2.05) is 12.3 Å². The lowest BCUT2D eigenvalue weighted by Crippen LogP contribution is -2.90. The Hall–Kier alpha value is -1.74. The molecule has 3 N–H and O–H groups in total. The highest BCUT2D eigenvalue weighted by molar-refractivity contribution is 8.13. The summed E-state index contributed by atoms with van der Waals surface area (Å²) in [4.78, 5) is 14.9. The second kappa shape index (κ2) is 5.17. The molecule has 0 aliphatic carbocycles. The van der Waals surface area contributed by atoms with Crippen LogP contribution in [0.1, 0.15) is 4.88 Å². The van der Waals surface area contributed by atoms with Gasteiger partial charge >= 0.3 is 5.17 Å². The number of fused-ring (bicyclic) bond motifs is 1. The van der Waals surface area contributed by atoms with Crippen molar-refractivity contribution < 1.29 is 9.38 Å². The molecule has 2 unspecified atom stereocenters. The number of rotatable bonds is 2. The van der Waals surface area contributed by atoms with E-state index in [2.05, 4.69) is 24.2 Å². The van der Waals surface area contributed by atoms with Crippen molar-refractivity contribution in [3.8, 4) is 0 Å². The molecule has 22 heavy (non-hydrogen) atoms. The Morgan fingerprint density at radius 2 is 2.23 bits per heavy atom. The molecule has 2 aromatic heterocycles. The van der Waals surface area contributed by atoms with E-state index < -0.39 is 5.82 Å². The lowest BCUT2D eigenvalue weighted by molar-refractivity contribution is -0.565. The minimum atomic E-state index is -0.427. The SMILES string of the molecule is NC1=[NH+]C2(c3ccns3)CN(c3ncc(F)cn3)CC2CS1. The van der Waals surface area contributed by atoms with Gasteiger partial charge in [-0.15, -0.1) is 0 Å². The average Bonchev–Trinajstić information content (AvgIpc) is 3.15. The first-order valence-corrected chi connectivity index (χ1v) is 8.60. The molecule has 1 fully saturated rings. The first kappa shape index (κ1) is 13.9. The molecule has 2 aliphatic heterocycles. The number of aromatic nitrogens is 3. The van der Waals surface area contributed by atoms with E-state index in [0.717, 1.165) is 22.3 Å². The molecule has 4 rings (SSSR count). The molecular formula is C13H14FN6S2+. The molecule has 0 aromatic carbocycles. The van der Waals surface area contributed by atoms with E-state index in [4.69, 9.17) is 5.73 Å². The van der Waals surface area contributed by atoms with Crippen molar-refractivity contribution in [3.63, 3.8) is 0 Å². The van der Waals surface area contributed by atoms with Crippen molar-refractivity contribution in [2.45, 2.75) is 5.54 Å². The van der Waals surface area contributed by atoms with Gasteiger partial charge in [0.15, 0.2) is 11.4 Å². The Morgan fingerprint density at radius 3 is 2.95 bits per heavy atom. The first-order chi connectivity index (χ1) is 10.7. The van der Waals surface area contributed by atoms with Crippen molar-refractivity contribution in [1.29, 1.82) is 0 Å². The normalized spacial score (nSPS) is 27.6. The van der Waals surface area contributed by atoms with Gasteiger partial charge in [0.05, 0.1) is 23.8 Å². The van der Waals surface area contributed by atoms with Gasteiger partial charge in [0.25, 0.3) is 0 Å². The molecule has 2 aromatic rings. The van der Waals surface area contributed by atoms with Gasteiger partial charge in [0, 0.05) is 24.4 Å². The minimum Gasteiger partial charge on any atom is -0.335 e. The van der Waals surface area contributed by atoms with Crippen molar-refractivity contribution in [1.82, 2.24) is 14.3 Å². The van der Waals surface area contributed by atoms with Crippen LogP contribution in [0.2, 0.25) is 0 Å². The van der Waals surface area contributed by atoms with Crippen molar-refractivity contribution in [3.05, 3.63) is 35.4 Å². The maximum Gasteiger partial charge on any atom is 0.302 e. The lowest BCUT2D eigenvalue weighted by atomic mass is 9.87. The molecule has 4 heterocycles. The highest BCUT2D eigenvalue weighted by Crippen LogP contribution is 2.39. The van der Waals surface area contributed by atoms with Gasteiger partial charge in [-0.25, -0.2) is 18.7 Å². The summed E-state index contributed by atoms with van der Waals surface area (Å²) in [5.74, 6) is 1.40. The van der Waals surface area contributed by atoms with E-state index in [-0.39, 0.29) is 5.54 Å². The van der Waals surface area contributed by atoms with Crippen LogP contribution in [0.25, 0.3) is 0 Å². The topological polar surface area (TPSA) is 81.9 Å².